The van der Waals surface area contributed by atoms with Gasteiger partial charge in [-0.2, -0.15) is 0 Å². The van der Waals surface area contributed by atoms with Gasteiger partial charge in [-0.1, -0.05) is 42.1 Å². The Morgan fingerprint density at radius 1 is 1.00 bits per heavy atom. The number of pyridine rings is 1. The second-order valence-corrected chi connectivity index (χ2v) is 8.08. The molecular weight excluding hydrogens is 360 g/mol. The van der Waals surface area contributed by atoms with Gasteiger partial charge in [0, 0.05) is 28.2 Å². The number of aromatic nitrogens is 3. The molecule has 6 heteroatoms. The van der Waals surface area contributed by atoms with Crippen LogP contribution in [-0.4, -0.2) is 33.9 Å². The number of hydrogen-bond donors (Lipinski definition) is 0. The SMILES string of the molecule is CN(C)Cc1nc(Sc2ccncc2)c2c(-c3ccccc3)csc2n1. The van der Waals surface area contributed by atoms with Crippen molar-refractivity contribution in [3.8, 4) is 11.1 Å². The summed E-state index contributed by atoms with van der Waals surface area (Å²) in [6.07, 6.45) is 3.63. The van der Waals surface area contributed by atoms with E-state index in [4.69, 9.17) is 9.97 Å². The van der Waals surface area contributed by atoms with Crippen LogP contribution in [0.15, 0.2) is 70.2 Å². The van der Waals surface area contributed by atoms with Gasteiger partial charge in [-0.3, -0.25) is 4.98 Å². The van der Waals surface area contributed by atoms with E-state index in [2.05, 4.69) is 39.5 Å². The van der Waals surface area contributed by atoms with E-state index in [0.29, 0.717) is 0 Å². The zero-order chi connectivity index (χ0) is 17.9. The van der Waals surface area contributed by atoms with Crippen LogP contribution in [0, 0.1) is 0 Å². The summed E-state index contributed by atoms with van der Waals surface area (Å²) in [5.74, 6) is 0.848. The van der Waals surface area contributed by atoms with Gasteiger partial charge in [0.25, 0.3) is 0 Å². The number of nitrogens with zero attached hydrogens (tertiary/aromatic N) is 4. The van der Waals surface area contributed by atoms with Crippen LogP contribution in [0.25, 0.3) is 21.3 Å². The molecule has 0 bridgehead atoms. The molecule has 0 saturated heterocycles. The molecule has 0 aliphatic carbocycles. The number of thiophene rings is 1. The van der Waals surface area contributed by atoms with E-state index in [-0.39, 0.29) is 0 Å². The van der Waals surface area contributed by atoms with Gasteiger partial charge < -0.3 is 4.90 Å². The van der Waals surface area contributed by atoms with Crippen molar-refractivity contribution in [2.75, 3.05) is 14.1 Å². The molecule has 0 aliphatic heterocycles. The van der Waals surface area contributed by atoms with Gasteiger partial charge in [-0.05, 0) is 31.8 Å². The highest BCUT2D eigenvalue weighted by Crippen LogP contribution is 2.40. The van der Waals surface area contributed by atoms with E-state index in [1.165, 1.54) is 11.1 Å². The van der Waals surface area contributed by atoms with Gasteiger partial charge in [0.1, 0.15) is 15.7 Å². The average molecular weight is 379 g/mol. The van der Waals surface area contributed by atoms with Gasteiger partial charge in [0.05, 0.1) is 11.9 Å². The van der Waals surface area contributed by atoms with Crippen molar-refractivity contribution < 1.29 is 0 Å². The fraction of sp³-hybridized carbons (Fsp3) is 0.150. The third-order valence-corrected chi connectivity index (χ3v) is 5.72. The van der Waals surface area contributed by atoms with E-state index in [9.17, 15) is 0 Å². The quantitative estimate of drug-likeness (QED) is 0.459. The highest BCUT2D eigenvalue weighted by Gasteiger charge is 2.16. The first-order valence-electron chi connectivity index (χ1n) is 8.27. The number of hydrogen-bond acceptors (Lipinski definition) is 6. The Bertz CT molecular complexity index is 1010. The summed E-state index contributed by atoms with van der Waals surface area (Å²) >= 11 is 3.35. The monoisotopic (exact) mass is 378 g/mol. The zero-order valence-corrected chi connectivity index (χ0v) is 16.2. The van der Waals surface area contributed by atoms with Crippen LogP contribution in [0.2, 0.25) is 0 Å². The molecule has 0 N–H and O–H groups in total. The molecular formula is C20H18N4S2. The van der Waals surface area contributed by atoms with Crippen LogP contribution in [-0.2, 0) is 6.54 Å². The van der Waals surface area contributed by atoms with E-state index in [1.807, 2.05) is 44.7 Å². The third kappa shape index (κ3) is 3.62. The lowest BCUT2D eigenvalue weighted by molar-refractivity contribution is 0.390. The topological polar surface area (TPSA) is 41.9 Å². The molecule has 0 unspecified atom stereocenters. The second kappa shape index (κ2) is 7.53. The minimum Gasteiger partial charge on any atom is -0.302 e. The molecule has 0 amide bonds. The predicted octanol–water partition coefficient (Wildman–Crippen LogP) is 4.97. The number of rotatable bonds is 5. The van der Waals surface area contributed by atoms with Crippen LogP contribution < -0.4 is 0 Å². The van der Waals surface area contributed by atoms with E-state index < -0.39 is 0 Å². The normalized spacial score (nSPS) is 11.3. The molecule has 26 heavy (non-hydrogen) atoms. The summed E-state index contributed by atoms with van der Waals surface area (Å²) in [6, 6.07) is 14.5. The van der Waals surface area contributed by atoms with Crippen LogP contribution in [0.4, 0.5) is 0 Å². The van der Waals surface area contributed by atoms with Crippen molar-refractivity contribution in [1.82, 2.24) is 19.9 Å². The zero-order valence-electron chi connectivity index (χ0n) is 14.6. The number of benzene rings is 1. The van der Waals surface area contributed by atoms with Crippen molar-refractivity contribution in [3.63, 3.8) is 0 Å². The van der Waals surface area contributed by atoms with Gasteiger partial charge in [0.2, 0.25) is 0 Å². The Labute approximate surface area is 161 Å². The maximum absolute atomic E-state index is 4.89. The first-order valence-corrected chi connectivity index (χ1v) is 9.96. The predicted molar refractivity (Wildman–Crippen MR) is 109 cm³/mol. The summed E-state index contributed by atoms with van der Waals surface area (Å²) in [5, 5.41) is 4.31. The minimum atomic E-state index is 0.721. The second-order valence-electron chi connectivity index (χ2n) is 6.16. The molecule has 3 aromatic heterocycles. The lowest BCUT2D eigenvalue weighted by Gasteiger charge is -2.11. The smallest absolute Gasteiger partial charge is 0.145 e. The molecule has 0 atom stereocenters. The minimum absolute atomic E-state index is 0.721. The van der Waals surface area contributed by atoms with Gasteiger partial charge >= 0.3 is 0 Å². The van der Waals surface area contributed by atoms with Crippen molar-refractivity contribution in [3.05, 3.63) is 66.1 Å². The summed E-state index contributed by atoms with van der Waals surface area (Å²) in [7, 11) is 4.07. The summed E-state index contributed by atoms with van der Waals surface area (Å²) in [6.45, 7) is 0.721. The maximum atomic E-state index is 4.89. The van der Waals surface area contributed by atoms with Crippen molar-refractivity contribution in [1.29, 1.82) is 0 Å². The van der Waals surface area contributed by atoms with Crippen LogP contribution >= 0.6 is 23.1 Å². The summed E-state index contributed by atoms with van der Waals surface area (Å²) in [4.78, 5) is 18.1. The molecule has 0 radical (unpaired) electrons. The molecule has 0 fully saturated rings. The molecule has 4 aromatic rings. The molecule has 130 valence electrons. The highest BCUT2D eigenvalue weighted by molar-refractivity contribution is 7.99. The molecule has 0 spiro atoms. The molecule has 3 heterocycles. The van der Waals surface area contributed by atoms with Gasteiger partial charge in [-0.25, -0.2) is 9.97 Å². The fourth-order valence-corrected chi connectivity index (χ4v) is 4.70. The molecule has 4 nitrogen and oxygen atoms in total. The molecule has 4 rings (SSSR count). The summed E-state index contributed by atoms with van der Waals surface area (Å²) in [5.41, 5.74) is 2.39. The maximum Gasteiger partial charge on any atom is 0.145 e. The molecule has 1 aromatic carbocycles. The first kappa shape index (κ1) is 17.1. The fourth-order valence-electron chi connectivity index (χ4n) is 2.73. The first-order chi connectivity index (χ1) is 12.7. The Balaban J connectivity index is 1.88. The lowest BCUT2D eigenvalue weighted by Crippen LogP contribution is -2.13. The van der Waals surface area contributed by atoms with Gasteiger partial charge in [-0.15, -0.1) is 11.3 Å². The van der Waals surface area contributed by atoms with E-state index in [0.717, 1.165) is 32.5 Å². The lowest BCUT2D eigenvalue weighted by atomic mass is 10.1. The van der Waals surface area contributed by atoms with Crippen LogP contribution in [0.1, 0.15) is 5.82 Å². The largest absolute Gasteiger partial charge is 0.302 e. The Hall–Kier alpha value is -2.28. The van der Waals surface area contributed by atoms with Crippen molar-refractivity contribution in [2.45, 2.75) is 16.5 Å². The van der Waals surface area contributed by atoms with Crippen molar-refractivity contribution in [2.24, 2.45) is 0 Å². The Morgan fingerprint density at radius 3 is 2.50 bits per heavy atom. The average Bonchev–Trinajstić information content (AvgIpc) is 3.07. The Kier molecular flexibility index (Phi) is 4.97. The highest BCUT2D eigenvalue weighted by atomic mass is 32.2. The standard InChI is InChI=1S/C20H18N4S2/c1-24(2)12-17-22-19-18(16(13-25-19)14-6-4-3-5-7-14)20(23-17)26-15-8-10-21-11-9-15/h3-11,13H,12H2,1-2H3. The summed E-state index contributed by atoms with van der Waals surface area (Å²) < 4.78 is 0. The third-order valence-electron chi connectivity index (χ3n) is 3.85. The van der Waals surface area contributed by atoms with Crippen LogP contribution in [0.3, 0.4) is 0 Å². The molecule has 0 saturated carbocycles. The van der Waals surface area contributed by atoms with E-state index >= 15 is 0 Å². The van der Waals surface area contributed by atoms with E-state index in [1.54, 1.807) is 23.1 Å². The van der Waals surface area contributed by atoms with Crippen molar-refractivity contribution >= 4 is 33.3 Å². The Morgan fingerprint density at radius 2 is 1.77 bits per heavy atom. The van der Waals surface area contributed by atoms with Crippen LogP contribution in [0.5, 0.6) is 0 Å². The number of fused-ring (bicyclic) bond motifs is 1. The van der Waals surface area contributed by atoms with Gasteiger partial charge in [0.15, 0.2) is 0 Å². The molecule has 0 aliphatic rings.